The smallest absolute Gasteiger partial charge is 0.244 e. The minimum absolute atomic E-state index is 0.0240. The van der Waals surface area contributed by atoms with Gasteiger partial charge in [-0.15, -0.1) is 0 Å². The van der Waals surface area contributed by atoms with Crippen molar-refractivity contribution in [2.45, 2.75) is 6.04 Å². The van der Waals surface area contributed by atoms with Crippen molar-refractivity contribution in [3.8, 4) is 0 Å². The van der Waals surface area contributed by atoms with Gasteiger partial charge in [-0.2, -0.15) is 0 Å². The quantitative estimate of drug-likeness (QED) is 0.830. The van der Waals surface area contributed by atoms with E-state index in [2.05, 4.69) is 10.2 Å². The van der Waals surface area contributed by atoms with Crippen molar-refractivity contribution in [3.63, 3.8) is 0 Å². The second-order valence-corrected chi connectivity index (χ2v) is 5.48. The van der Waals surface area contributed by atoms with Gasteiger partial charge >= 0.3 is 0 Å². The summed E-state index contributed by atoms with van der Waals surface area (Å²) in [6.07, 6.45) is 3.41. The van der Waals surface area contributed by atoms with E-state index in [4.69, 9.17) is 0 Å². The van der Waals surface area contributed by atoms with Crippen LogP contribution in [0, 0.1) is 0 Å². The molecule has 0 fully saturated rings. The van der Waals surface area contributed by atoms with Crippen molar-refractivity contribution in [1.82, 2.24) is 10.2 Å². The maximum Gasteiger partial charge on any atom is 0.244 e. The molecule has 0 radical (unpaired) electrons. The largest absolute Gasteiger partial charge is 0.344 e. The second kappa shape index (κ2) is 8.15. The molecular formula is C19H22N2O. The molecule has 0 aliphatic rings. The Labute approximate surface area is 132 Å². The molecule has 0 saturated carbocycles. The topological polar surface area (TPSA) is 32.3 Å². The van der Waals surface area contributed by atoms with Crippen LogP contribution in [0.4, 0.5) is 0 Å². The molecule has 0 aliphatic carbocycles. The number of carbonyl (C=O) groups is 1. The van der Waals surface area contributed by atoms with Crippen LogP contribution in [-0.2, 0) is 4.79 Å². The Kier molecular flexibility index (Phi) is 5.92. The van der Waals surface area contributed by atoms with Crippen molar-refractivity contribution in [3.05, 3.63) is 77.9 Å². The van der Waals surface area contributed by atoms with Crippen LogP contribution in [0.25, 0.3) is 6.08 Å². The van der Waals surface area contributed by atoms with Gasteiger partial charge in [-0.3, -0.25) is 4.79 Å². The number of nitrogens with one attached hydrogen (secondary N) is 1. The molecule has 0 aromatic heterocycles. The van der Waals surface area contributed by atoms with E-state index in [0.29, 0.717) is 0 Å². The third-order valence-electron chi connectivity index (χ3n) is 3.29. The monoisotopic (exact) mass is 294 g/mol. The first-order chi connectivity index (χ1) is 10.6. The van der Waals surface area contributed by atoms with Crippen LogP contribution in [0.1, 0.15) is 17.2 Å². The molecule has 22 heavy (non-hydrogen) atoms. The fourth-order valence-corrected chi connectivity index (χ4v) is 2.24. The molecule has 3 nitrogen and oxygen atoms in total. The molecule has 0 heterocycles. The van der Waals surface area contributed by atoms with Crippen molar-refractivity contribution >= 4 is 12.0 Å². The van der Waals surface area contributed by atoms with Crippen LogP contribution in [0.15, 0.2) is 66.7 Å². The molecule has 2 aromatic rings. The number of amides is 1. The van der Waals surface area contributed by atoms with Gasteiger partial charge in [-0.05, 0) is 31.3 Å². The number of carbonyl (C=O) groups excluding carboxylic acids is 1. The van der Waals surface area contributed by atoms with Crippen LogP contribution < -0.4 is 5.32 Å². The van der Waals surface area contributed by atoms with Gasteiger partial charge in [-0.25, -0.2) is 0 Å². The minimum Gasteiger partial charge on any atom is -0.344 e. The molecule has 0 aliphatic heterocycles. The average molecular weight is 294 g/mol. The number of hydrogen-bond acceptors (Lipinski definition) is 2. The Bertz CT molecular complexity index is 606. The van der Waals surface area contributed by atoms with Gasteiger partial charge < -0.3 is 10.2 Å². The van der Waals surface area contributed by atoms with E-state index in [1.165, 1.54) is 0 Å². The second-order valence-electron chi connectivity index (χ2n) is 5.48. The number of likely N-dealkylation sites (N-methyl/N-ethyl adjacent to an activating group) is 1. The summed E-state index contributed by atoms with van der Waals surface area (Å²) in [6, 6.07) is 19.8. The molecule has 1 N–H and O–H groups in total. The normalized spacial score (nSPS) is 12.5. The lowest BCUT2D eigenvalue weighted by Crippen LogP contribution is -2.34. The van der Waals surface area contributed by atoms with Crippen LogP contribution in [0.2, 0.25) is 0 Å². The summed E-state index contributed by atoms with van der Waals surface area (Å²) in [7, 11) is 4.00. The van der Waals surface area contributed by atoms with E-state index in [1.807, 2.05) is 80.8 Å². The standard InChI is InChI=1S/C19H22N2O/c1-21(2)15-18(17-11-7-4-8-12-17)20-19(22)14-13-16-9-5-3-6-10-16/h3-14,18H,15H2,1-2H3,(H,20,22)/b14-13+/t18-/m0/s1. The summed E-state index contributed by atoms with van der Waals surface area (Å²) in [6.45, 7) is 0.759. The highest BCUT2D eigenvalue weighted by Gasteiger charge is 2.13. The zero-order valence-electron chi connectivity index (χ0n) is 13.1. The van der Waals surface area contributed by atoms with Gasteiger partial charge in [0.25, 0.3) is 0 Å². The number of benzene rings is 2. The van der Waals surface area contributed by atoms with Gasteiger partial charge in [0.1, 0.15) is 0 Å². The maximum absolute atomic E-state index is 12.2. The van der Waals surface area contributed by atoms with Crippen molar-refractivity contribution in [1.29, 1.82) is 0 Å². The Morgan fingerprint density at radius 3 is 2.23 bits per heavy atom. The predicted molar refractivity (Wildman–Crippen MR) is 91.4 cm³/mol. The first-order valence-electron chi connectivity index (χ1n) is 7.38. The van der Waals surface area contributed by atoms with Crippen LogP contribution in [0.3, 0.4) is 0 Å². The molecular weight excluding hydrogens is 272 g/mol. The molecule has 2 rings (SSSR count). The maximum atomic E-state index is 12.2. The zero-order valence-corrected chi connectivity index (χ0v) is 13.1. The molecule has 0 unspecified atom stereocenters. The number of nitrogens with zero attached hydrogens (tertiary/aromatic N) is 1. The first kappa shape index (κ1) is 16.0. The zero-order chi connectivity index (χ0) is 15.8. The molecule has 2 aromatic carbocycles. The summed E-state index contributed by atoms with van der Waals surface area (Å²) >= 11 is 0. The van der Waals surface area contributed by atoms with E-state index in [-0.39, 0.29) is 11.9 Å². The highest BCUT2D eigenvalue weighted by molar-refractivity contribution is 5.92. The van der Waals surface area contributed by atoms with Gasteiger partial charge in [0, 0.05) is 12.6 Å². The lowest BCUT2D eigenvalue weighted by molar-refractivity contribution is -0.117. The summed E-state index contributed by atoms with van der Waals surface area (Å²) in [5, 5.41) is 3.07. The molecule has 1 atom stereocenters. The lowest BCUT2D eigenvalue weighted by Gasteiger charge is -2.22. The molecule has 1 amide bonds. The van der Waals surface area contributed by atoms with Crippen LogP contribution in [0.5, 0.6) is 0 Å². The van der Waals surface area contributed by atoms with Crippen LogP contribution >= 0.6 is 0 Å². The summed E-state index contributed by atoms with van der Waals surface area (Å²) in [5.41, 5.74) is 2.12. The van der Waals surface area contributed by atoms with Crippen LogP contribution in [-0.4, -0.2) is 31.4 Å². The van der Waals surface area contributed by atoms with E-state index >= 15 is 0 Å². The lowest BCUT2D eigenvalue weighted by atomic mass is 10.1. The summed E-state index contributed by atoms with van der Waals surface area (Å²) < 4.78 is 0. The average Bonchev–Trinajstić information content (AvgIpc) is 2.54. The SMILES string of the molecule is CN(C)C[C@H](NC(=O)/C=C/c1ccccc1)c1ccccc1. The van der Waals surface area contributed by atoms with Crippen molar-refractivity contribution in [2.24, 2.45) is 0 Å². The van der Waals surface area contributed by atoms with E-state index in [9.17, 15) is 4.79 Å². The highest BCUT2D eigenvalue weighted by atomic mass is 16.1. The molecule has 0 bridgehead atoms. The van der Waals surface area contributed by atoms with Gasteiger partial charge in [0.2, 0.25) is 5.91 Å². The Balaban J connectivity index is 2.04. The summed E-state index contributed by atoms with van der Waals surface area (Å²) in [4.78, 5) is 14.2. The van der Waals surface area contributed by atoms with Gasteiger partial charge in [0.05, 0.1) is 6.04 Å². The fourth-order valence-electron chi connectivity index (χ4n) is 2.24. The van der Waals surface area contributed by atoms with Crippen molar-refractivity contribution < 1.29 is 4.79 Å². The summed E-state index contributed by atoms with van der Waals surface area (Å²) in [5.74, 6) is -0.0837. The van der Waals surface area contributed by atoms with Gasteiger partial charge in [-0.1, -0.05) is 60.7 Å². The Morgan fingerprint density at radius 1 is 1.05 bits per heavy atom. The third-order valence-corrected chi connectivity index (χ3v) is 3.29. The van der Waals surface area contributed by atoms with Crippen molar-refractivity contribution in [2.75, 3.05) is 20.6 Å². The number of rotatable bonds is 6. The highest BCUT2D eigenvalue weighted by Crippen LogP contribution is 2.13. The molecule has 0 spiro atoms. The molecule has 0 saturated heterocycles. The third kappa shape index (κ3) is 5.19. The van der Waals surface area contributed by atoms with Gasteiger partial charge in [0.15, 0.2) is 0 Å². The minimum atomic E-state index is -0.0837. The van der Waals surface area contributed by atoms with E-state index in [1.54, 1.807) is 6.08 Å². The molecule has 3 heteroatoms. The Hall–Kier alpha value is -2.39. The predicted octanol–water partition coefficient (Wildman–Crippen LogP) is 3.12. The number of hydrogen-bond donors (Lipinski definition) is 1. The van der Waals surface area contributed by atoms with E-state index in [0.717, 1.165) is 17.7 Å². The Morgan fingerprint density at radius 2 is 1.64 bits per heavy atom. The molecule has 114 valence electrons. The first-order valence-corrected chi connectivity index (χ1v) is 7.38. The fraction of sp³-hybridized carbons (Fsp3) is 0.211. The van der Waals surface area contributed by atoms with E-state index < -0.39 is 0 Å².